The van der Waals surface area contributed by atoms with E-state index < -0.39 is 8.25 Å². The lowest BCUT2D eigenvalue weighted by atomic mass is 10.3. The van der Waals surface area contributed by atoms with E-state index in [9.17, 15) is 0 Å². The van der Waals surface area contributed by atoms with E-state index in [1.807, 2.05) is 60.7 Å². The molecular formula is C12H13N2O3P. The van der Waals surface area contributed by atoms with Crippen LogP contribution in [0.2, 0.25) is 0 Å². The van der Waals surface area contributed by atoms with Gasteiger partial charge in [-0.3, -0.25) is 4.57 Å². The number of rotatable bonds is 2. The molecule has 0 saturated heterocycles. The van der Waals surface area contributed by atoms with Crippen molar-refractivity contribution in [3.63, 3.8) is 0 Å². The van der Waals surface area contributed by atoms with Crippen LogP contribution in [0.5, 0.6) is 0 Å². The molecule has 2 aromatic carbocycles. The van der Waals surface area contributed by atoms with E-state index in [4.69, 9.17) is 14.4 Å². The normalized spacial score (nSPS) is 10.2. The Labute approximate surface area is 105 Å². The van der Waals surface area contributed by atoms with Gasteiger partial charge in [-0.25, -0.2) is 0 Å². The Kier molecular flexibility index (Phi) is 6.58. The molecule has 0 spiro atoms. The first-order valence-corrected chi connectivity index (χ1v) is 6.42. The highest BCUT2D eigenvalue weighted by molar-refractivity contribution is 7.30. The highest BCUT2D eigenvalue weighted by Crippen LogP contribution is 2.16. The van der Waals surface area contributed by atoms with Crippen molar-refractivity contribution in [3.05, 3.63) is 60.7 Å². The second-order valence-electron chi connectivity index (χ2n) is 3.15. The Bertz CT molecular complexity index is 458. The van der Waals surface area contributed by atoms with Crippen LogP contribution in [-0.4, -0.2) is 9.79 Å². The minimum atomic E-state index is -3.13. The Balaban J connectivity index is 0.000000357. The predicted molar refractivity (Wildman–Crippen MR) is 70.5 cm³/mol. The standard InChI is InChI=1S/C12H10N2.H3O3P/c1-3-7-11(8-4-1)13-14-12-9-5-2-6-10-12;1-4(2)3/h1-10H;4H,(H2,1,2,3)/b14-13+;. The zero-order valence-electron chi connectivity index (χ0n) is 9.47. The Hall–Kier alpha value is -1.81. The monoisotopic (exact) mass is 264 g/mol. The van der Waals surface area contributed by atoms with Crippen LogP contribution in [0.25, 0.3) is 0 Å². The summed E-state index contributed by atoms with van der Waals surface area (Å²) in [5.74, 6) is 0. The van der Waals surface area contributed by atoms with E-state index >= 15 is 0 Å². The van der Waals surface area contributed by atoms with Gasteiger partial charge in [-0.2, -0.15) is 10.2 Å². The molecule has 2 aromatic rings. The van der Waals surface area contributed by atoms with Gasteiger partial charge in [0.05, 0.1) is 11.4 Å². The molecule has 0 aliphatic heterocycles. The number of hydrogen-bond donors (Lipinski definition) is 2. The molecule has 0 aliphatic carbocycles. The first kappa shape index (κ1) is 14.3. The second-order valence-corrected chi connectivity index (χ2v) is 3.72. The van der Waals surface area contributed by atoms with Crippen LogP contribution in [0.4, 0.5) is 11.4 Å². The van der Waals surface area contributed by atoms with Crippen molar-refractivity contribution in [1.82, 2.24) is 0 Å². The number of benzene rings is 2. The van der Waals surface area contributed by atoms with Crippen LogP contribution in [-0.2, 0) is 4.57 Å². The summed E-state index contributed by atoms with van der Waals surface area (Å²) in [5, 5.41) is 8.20. The van der Waals surface area contributed by atoms with E-state index in [0.29, 0.717) is 0 Å². The highest BCUT2D eigenvalue weighted by Gasteiger charge is 1.86. The van der Waals surface area contributed by atoms with Crippen LogP contribution in [0.3, 0.4) is 0 Å². The molecule has 0 atom stereocenters. The van der Waals surface area contributed by atoms with Crippen molar-refractivity contribution < 1.29 is 14.4 Å². The van der Waals surface area contributed by atoms with E-state index in [1.165, 1.54) is 0 Å². The van der Waals surface area contributed by atoms with Crippen molar-refractivity contribution in [2.75, 3.05) is 0 Å². The maximum absolute atomic E-state index is 8.74. The van der Waals surface area contributed by atoms with Gasteiger partial charge < -0.3 is 9.79 Å². The predicted octanol–water partition coefficient (Wildman–Crippen LogP) is 3.46. The van der Waals surface area contributed by atoms with Gasteiger partial charge in [0.15, 0.2) is 0 Å². The van der Waals surface area contributed by atoms with Gasteiger partial charge >= 0.3 is 8.25 Å². The van der Waals surface area contributed by atoms with Crippen molar-refractivity contribution in [1.29, 1.82) is 0 Å². The van der Waals surface area contributed by atoms with E-state index in [2.05, 4.69) is 10.2 Å². The summed E-state index contributed by atoms with van der Waals surface area (Å²) in [5.41, 5.74) is 1.74. The molecule has 0 saturated carbocycles. The average Bonchev–Trinajstić information content (AvgIpc) is 2.38. The van der Waals surface area contributed by atoms with Gasteiger partial charge in [-0.1, -0.05) is 36.4 Å². The first-order chi connectivity index (χ1) is 8.68. The van der Waals surface area contributed by atoms with Crippen LogP contribution < -0.4 is 0 Å². The fraction of sp³-hybridized carbons (Fsp3) is 0. The molecule has 18 heavy (non-hydrogen) atoms. The Morgan fingerprint density at radius 3 is 1.28 bits per heavy atom. The van der Waals surface area contributed by atoms with Gasteiger partial charge in [0, 0.05) is 0 Å². The van der Waals surface area contributed by atoms with Gasteiger partial charge in [0.1, 0.15) is 0 Å². The molecule has 0 bridgehead atoms. The van der Waals surface area contributed by atoms with E-state index in [0.717, 1.165) is 11.4 Å². The molecule has 0 aromatic heterocycles. The van der Waals surface area contributed by atoms with E-state index in [1.54, 1.807) is 0 Å². The third kappa shape index (κ3) is 6.70. The van der Waals surface area contributed by atoms with Crippen LogP contribution in [0, 0.1) is 0 Å². The molecule has 2 N–H and O–H groups in total. The third-order valence-corrected chi connectivity index (χ3v) is 1.79. The van der Waals surface area contributed by atoms with Crippen LogP contribution >= 0.6 is 8.25 Å². The maximum Gasteiger partial charge on any atom is 0.314 e. The highest BCUT2D eigenvalue weighted by atomic mass is 31.1. The second kappa shape index (κ2) is 8.31. The fourth-order valence-electron chi connectivity index (χ4n) is 1.10. The molecule has 0 fully saturated rings. The third-order valence-electron chi connectivity index (χ3n) is 1.79. The molecule has 6 heteroatoms. The topological polar surface area (TPSA) is 82.2 Å². The average molecular weight is 264 g/mol. The zero-order chi connectivity index (χ0) is 13.2. The SMILES string of the molecule is O=[PH](O)O.c1ccc(/N=N/c2ccccc2)cc1. The number of hydrogen-bond acceptors (Lipinski definition) is 3. The summed E-state index contributed by atoms with van der Waals surface area (Å²) in [4.78, 5) is 14.3. The molecule has 94 valence electrons. The molecule has 0 amide bonds. The molecule has 2 rings (SSSR count). The Morgan fingerprint density at radius 1 is 0.722 bits per heavy atom. The summed E-state index contributed by atoms with van der Waals surface area (Å²) < 4.78 is 8.74. The summed E-state index contributed by atoms with van der Waals surface area (Å²) in [6, 6.07) is 19.4. The van der Waals surface area contributed by atoms with Crippen molar-refractivity contribution in [2.45, 2.75) is 0 Å². The minimum Gasteiger partial charge on any atom is -0.326 e. The quantitative estimate of drug-likeness (QED) is 0.643. The molecule has 0 radical (unpaired) electrons. The lowest BCUT2D eigenvalue weighted by Crippen LogP contribution is -1.62. The molecule has 5 nitrogen and oxygen atoms in total. The van der Waals surface area contributed by atoms with Crippen molar-refractivity contribution >= 4 is 19.6 Å². The smallest absolute Gasteiger partial charge is 0.314 e. The van der Waals surface area contributed by atoms with Crippen molar-refractivity contribution in [3.8, 4) is 0 Å². The number of azo groups is 1. The van der Waals surface area contributed by atoms with Gasteiger partial charge in [-0.15, -0.1) is 0 Å². The largest absolute Gasteiger partial charge is 0.326 e. The summed E-state index contributed by atoms with van der Waals surface area (Å²) in [6.45, 7) is 0. The summed E-state index contributed by atoms with van der Waals surface area (Å²) in [6.07, 6.45) is 0. The summed E-state index contributed by atoms with van der Waals surface area (Å²) in [7, 11) is -3.13. The van der Waals surface area contributed by atoms with Crippen molar-refractivity contribution in [2.24, 2.45) is 10.2 Å². The van der Waals surface area contributed by atoms with Crippen LogP contribution in [0.1, 0.15) is 0 Å². The minimum absolute atomic E-state index is 0.872. The fourth-order valence-corrected chi connectivity index (χ4v) is 1.10. The lowest BCUT2D eigenvalue weighted by molar-refractivity contribution is 0.405. The molecule has 0 heterocycles. The summed E-state index contributed by atoms with van der Waals surface area (Å²) >= 11 is 0. The number of nitrogens with zero attached hydrogens (tertiary/aromatic N) is 2. The van der Waals surface area contributed by atoms with Gasteiger partial charge in [0.2, 0.25) is 0 Å². The first-order valence-electron chi connectivity index (χ1n) is 5.12. The Morgan fingerprint density at radius 2 is 1.00 bits per heavy atom. The van der Waals surface area contributed by atoms with Gasteiger partial charge in [0.25, 0.3) is 0 Å². The van der Waals surface area contributed by atoms with E-state index in [-0.39, 0.29) is 0 Å². The molecular weight excluding hydrogens is 251 g/mol. The van der Waals surface area contributed by atoms with Crippen LogP contribution in [0.15, 0.2) is 70.9 Å². The lowest BCUT2D eigenvalue weighted by Gasteiger charge is -1.91. The molecule has 0 unspecified atom stereocenters. The van der Waals surface area contributed by atoms with Gasteiger partial charge in [-0.05, 0) is 24.3 Å². The maximum atomic E-state index is 8.74. The zero-order valence-corrected chi connectivity index (χ0v) is 10.5. The molecule has 0 aliphatic rings.